The van der Waals surface area contributed by atoms with Crippen LogP contribution in [0.25, 0.3) is 6.08 Å². The quantitative estimate of drug-likeness (QED) is 0.258. The topological polar surface area (TPSA) is 32.5 Å². The predicted molar refractivity (Wildman–Crippen MR) is 173 cm³/mol. The average molecular weight is 548 g/mol. The minimum absolute atomic E-state index is 0.00135. The van der Waals surface area contributed by atoms with Crippen molar-refractivity contribution >= 4 is 6.08 Å². The normalized spacial score (nSPS) is 15.5. The second-order valence-corrected chi connectivity index (χ2v) is 13.1. The van der Waals surface area contributed by atoms with Crippen LogP contribution in [0.2, 0.25) is 0 Å². The lowest BCUT2D eigenvalue weighted by atomic mass is 9.85. The van der Waals surface area contributed by atoms with Gasteiger partial charge in [-0.25, -0.2) is 4.39 Å². The van der Waals surface area contributed by atoms with Crippen LogP contribution < -0.4 is 5.73 Å². The summed E-state index contributed by atoms with van der Waals surface area (Å²) in [6, 6.07) is 12.7. The van der Waals surface area contributed by atoms with Gasteiger partial charge in [-0.15, -0.1) is 6.58 Å². The van der Waals surface area contributed by atoms with Gasteiger partial charge in [0.2, 0.25) is 0 Å². The highest BCUT2D eigenvalue weighted by Crippen LogP contribution is 2.31. The predicted octanol–water partition coefficient (Wildman–Crippen LogP) is 8.04. The van der Waals surface area contributed by atoms with Crippen molar-refractivity contribution in [3.63, 3.8) is 0 Å². The van der Waals surface area contributed by atoms with E-state index in [0.717, 1.165) is 55.7 Å². The molecule has 1 aliphatic rings. The molecule has 3 rings (SSSR count). The molecular formula is C36H54FN3. The minimum atomic E-state index is -0.106. The van der Waals surface area contributed by atoms with Crippen molar-refractivity contribution in [2.45, 2.75) is 79.4 Å². The van der Waals surface area contributed by atoms with Crippen LogP contribution in [0.15, 0.2) is 67.8 Å². The molecular weight excluding hydrogens is 493 g/mol. The van der Waals surface area contributed by atoms with Crippen LogP contribution in [0.3, 0.4) is 0 Å². The highest BCUT2D eigenvalue weighted by molar-refractivity contribution is 5.54. The molecule has 40 heavy (non-hydrogen) atoms. The fourth-order valence-corrected chi connectivity index (χ4v) is 5.54. The van der Waals surface area contributed by atoms with Crippen LogP contribution in [0.5, 0.6) is 0 Å². The minimum Gasteiger partial charge on any atom is -0.333 e. The molecule has 1 aliphatic carbocycles. The Kier molecular flexibility index (Phi) is 12.6. The smallest absolute Gasteiger partial charge is 0.126 e. The molecule has 220 valence electrons. The van der Waals surface area contributed by atoms with Gasteiger partial charge in [0.15, 0.2) is 0 Å². The number of rotatable bonds is 13. The van der Waals surface area contributed by atoms with Gasteiger partial charge in [-0.3, -0.25) is 9.80 Å². The highest BCUT2D eigenvalue weighted by atomic mass is 19.1. The number of halogens is 1. The summed E-state index contributed by atoms with van der Waals surface area (Å²) in [6.07, 6.45) is 7.74. The van der Waals surface area contributed by atoms with E-state index in [1.54, 1.807) is 6.07 Å². The second-order valence-electron chi connectivity index (χ2n) is 13.1. The van der Waals surface area contributed by atoms with Crippen molar-refractivity contribution in [1.29, 1.82) is 0 Å². The Labute approximate surface area is 244 Å². The molecule has 1 unspecified atom stereocenters. The molecule has 1 fully saturated rings. The van der Waals surface area contributed by atoms with Crippen molar-refractivity contribution in [1.82, 2.24) is 9.80 Å². The maximum absolute atomic E-state index is 15.3. The Bertz CT molecular complexity index is 1140. The first-order valence-corrected chi connectivity index (χ1v) is 14.6. The monoisotopic (exact) mass is 547 g/mol. The lowest BCUT2D eigenvalue weighted by Gasteiger charge is -2.37. The third-order valence-electron chi connectivity index (χ3n) is 7.75. The Balaban J connectivity index is 0.00000274. The van der Waals surface area contributed by atoms with E-state index < -0.39 is 0 Å². The van der Waals surface area contributed by atoms with Gasteiger partial charge < -0.3 is 5.73 Å². The van der Waals surface area contributed by atoms with E-state index in [2.05, 4.69) is 101 Å². The maximum Gasteiger partial charge on any atom is 0.126 e. The summed E-state index contributed by atoms with van der Waals surface area (Å²) in [6.45, 7) is 26.8. The van der Waals surface area contributed by atoms with Gasteiger partial charge in [-0.1, -0.05) is 95.8 Å². The van der Waals surface area contributed by atoms with E-state index in [0.29, 0.717) is 12.5 Å². The maximum atomic E-state index is 15.3. The molecule has 3 nitrogen and oxygen atoms in total. The molecule has 0 amide bonds. The van der Waals surface area contributed by atoms with Gasteiger partial charge in [0, 0.05) is 32.2 Å². The van der Waals surface area contributed by atoms with Crippen molar-refractivity contribution in [3.05, 3.63) is 101 Å². The summed E-state index contributed by atoms with van der Waals surface area (Å²) in [5, 5.41) is 0. The lowest BCUT2D eigenvalue weighted by molar-refractivity contribution is 0.145. The van der Waals surface area contributed by atoms with Crippen LogP contribution in [0, 0.1) is 16.6 Å². The first-order valence-electron chi connectivity index (χ1n) is 14.6. The van der Waals surface area contributed by atoms with Crippen LogP contribution in [-0.4, -0.2) is 43.0 Å². The molecule has 1 saturated carbocycles. The van der Waals surface area contributed by atoms with Crippen molar-refractivity contribution in [2.75, 3.05) is 27.2 Å². The molecule has 0 bridgehead atoms. The molecule has 0 aliphatic heterocycles. The summed E-state index contributed by atoms with van der Waals surface area (Å²) < 4.78 is 15.3. The number of nitrogens with two attached hydrogens (primary N) is 1. The zero-order valence-corrected chi connectivity index (χ0v) is 26.3. The molecule has 0 radical (unpaired) electrons. The van der Waals surface area contributed by atoms with E-state index in [-0.39, 0.29) is 16.6 Å². The molecule has 2 N–H and O–H groups in total. The van der Waals surface area contributed by atoms with E-state index in [1.807, 2.05) is 18.2 Å². The fourth-order valence-electron chi connectivity index (χ4n) is 5.54. The third-order valence-corrected chi connectivity index (χ3v) is 7.75. The summed E-state index contributed by atoms with van der Waals surface area (Å²) in [7, 11) is 3.68. The van der Waals surface area contributed by atoms with Gasteiger partial charge in [0.1, 0.15) is 5.82 Å². The molecule has 2 aromatic carbocycles. The Hall–Kier alpha value is -2.53. The van der Waals surface area contributed by atoms with Crippen LogP contribution in [0.4, 0.5) is 4.39 Å². The number of aryl methyl sites for hydroxylation is 2. The Morgan fingerprint density at radius 1 is 0.975 bits per heavy atom. The molecule has 0 saturated heterocycles. The lowest BCUT2D eigenvalue weighted by Crippen LogP contribution is -2.38. The molecule has 0 heterocycles. The summed E-state index contributed by atoms with van der Waals surface area (Å²) in [5.41, 5.74) is 11.5. The highest BCUT2D eigenvalue weighted by Gasteiger charge is 2.27. The first kappa shape index (κ1) is 33.7. The zero-order chi connectivity index (χ0) is 30.1. The van der Waals surface area contributed by atoms with Gasteiger partial charge in [-0.05, 0) is 84.5 Å². The molecule has 4 heteroatoms. The number of nitrogens with zero attached hydrogens (tertiary/aromatic N) is 2. The summed E-state index contributed by atoms with van der Waals surface area (Å²) in [4.78, 5) is 4.82. The number of benzene rings is 2. The van der Waals surface area contributed by atoms with Gasteiger partial charge in [0.05, 0.1) is 0 Å². The van der Waals surface area contributed by atoms with E-state index >= 15 is 4.39 Å². The third kappa shape index (κ3) is 9.83. The van der Waals surface area contributed by atoms with Crippen LogP contribution in [0.1, 0.15) is 75.3 Å². The second kappa shape index (κ2) is 14.9. The van der Waals surface area contributed by atoms with Gasteiger partial charge in [-0.2, -0.15) is 0 Å². The molecule has 1 atom stereocenters. The first-order chi connectivity index (χ1) is 18.8. The standard InChI is InChI=1S/C35H49FN2.CH5N/c1-10-28-13-12-14-29(31(28)23-37(9)33-20-15-26(33)3)18-19-30-17-16-27(21-32(30)36)22-38(24-34(4,5)6)25-35(7,8)11-2;1-2/h10-14,16-17,21,33H,1-3,15,18-20,22-25H2,4-9H3;2H2,1H3. The van der Waals surface area contributed by atoms with Crippen LogP contribution in [-0.2, 0) is 25.9 Å². The number of hydrogen-bond donors (Lipinski definition) is 1. The Morgan fingerprint density at radius 3 is 2.17 bits per heavy atom. The number of hydrogen-bond acceptors (Lipinski definition) is 3. The van der Waals surface area contributed by atoms with Crippen molar-refractivity contribution in [3.8, 4) is 0 Å². The number of likely N-dealkylation sites (N-methyl/N-ethyl adjacent to an activating group) is 1. The van der Waals surface area contributed by atoms with E-state index in [4.69, 9.17) is 0 Å². The van der Waals surface area contributed by atoms with Crippen LogP contribution >= 0.6 is 0 Å². The summed E-state index contributed by atoms with van der Waals surface area (Å²) in [5.74, 6) is -0.106. The van der Waals surface area contributed by atoms with Crippen molar-refractivity contribution < 1.29 is 4.39 Å². The fraction of sp³-hybridized carbons (Fsp3) is 0.500. The van der Waals surface area contributed by atoms with Gasteiger partial charge in [0.25, 0.3) is 0 Å². The van der Waals surface area contributed by atoms with E-state index in [1.165, 1.54) is 30.2 Å². The average Bonchev–Trinajstić information content (AvgIpc) is 2.87. The Morgan fingerprint density at radius 2 is 1.65 bits per heavy atom. The van der Waals surface area contributed by atoms with Crippen molar-refractivity contribution in [2.24, 2.45) is 16.6 Å². The van der Waals surface area contributed by atoms with E-state index in [9.17, 15) is 0 Å². The SMILES string of the molecule is C=Cc1cccc(CCc2ccc(CN(CC(C)(C)C)CC(C)(C)C=C)cc2F)c1CN(C)C1CCC1=C.CN. The summed E-state index contributed by atoms with van der Waals surface area (Å²) >= 11 is 0. The zero-order valence-electron chi connectivity index (χ0n) is 26.3. The molecule has 0 aromatic heterocycles. The molecule has 2 aromatic rings. The van der Waals surface area contributed by atoms with Gasteiger partial charge >= 0.3 is 0 Å². The largest absolute Gasteiger partial charge is 0.333 e. The molecule has 0 spiro atoms.